The molecule has 1 aromatic heterocycles. The molecule has 3 atom stereocenters. The molecule has 2 heterocycles. The molecule has 0 radical (unpaired) electrons. The first-order chi connectivity index (χ1) is 8.75. The Labute approximate surface area is 112 Å². The largest absolute Gasteiger partial charge is 0.487 e. The van der Waals surface area contributed by atoms with Crippen LogP contribution in [0.3, 0.4) is 0 Å². The third-order valence-corrected chi connectivity index (χ3v) is 4.91. The fourth-order valence-corrected chi connectivity index (χ4v) is 3.84. The van der Waals surface area contributed by atoms with Crippen molar-refractivity contribution in [2.45, 2.75) is 29.7 Å². The van der Waals surface area contributed by atoms with Gasteiger partial charge in [0.2, 0.25) is 0 Å². The molecular weight excluding hydrogens is 296 g/mol. The summed E-state index contributed by atoms with van der Waals surface area (Å²) in [4.78, 5) is 12.4. The van der Waals surface area contributed by atoms with Crippen LogP contribution in [0.4, 0.5) is 0 Å². The van der Waals surface area contributed by atoms with E-state index in [0.29, 0.717) is 10.4 Å². The van der Waals surface area contributed by atoms with Crippen LogP contribution < -0.4 is 10.4 Å². The molecule has 4 heteroatoms. The van der Waals surface area contributed by atoms with Crippen LogP contribution in [0.1, 0.15) is 24.3 Å². The monoisotopic (exact) mass is 306 g/mol. The van der Waals surface area contributed by atoms with Crippen molar-refractivity contribution in [2.24, 2.45) is 0 Å². The summed E-state index contributed by atoms with van der Waals surface area (Å²) in [6, 6.07) is 7.55. The molecule has 18 heavy (non-hydrogen) atoms. The molecule has 1 aliphatic heterocycles. The first-order valence-corrected chi connectivity index (χ1v) is 7.04. The van der Waals surface area contributed by atoms with E-state index in [1.54, 1.807) is 6.07 Å². The van der Waals surface area contributed by atoms with Gasteiger partial charge in [-0.3, -0.25) is 0 Å². The number of halogens is 1. The summed E-state index contributed by atoms with van der Waals surface area (Å²) in [7, 11) is 0. The lowest BCUT2D eigenvalue weighted by Gasteiger charge is -2.12. The highest BCUT2D eigenvalue weighted by molar-refractivity contribution is 9.09. The van der Waals surface area contributed by atoms with Gasteiger partial charge in [-0.05, 0) is 25.0 Å². The van der Waals surface area contributed by atoms with Gasteiger partial charge in [0.25, 0.3) is 0 Å². The van der Waals surface area contributed by atoms with Crippen molar-refractivity contribution in [2.75, 3.05) is 0 Å². The van der Waals surface area contributed by atoms with Gasteiger partial charge < -0.3 is 9.15 Å². The summed E-state index contributed by atoms with van der Waals surface area (Å²) >= 11 is 3.64. The molecular formula is C14H11BrO3. The predicted octanol–water partition coefficient (Wildman–Crippen LogP) is 3.19. The van der Waals surface area contributed by atoms with Gasteiger partial charge in [0.1, 0.15) is 17.4 Å². The van der Waals surface area contributed by atoms with Gasteiger partial charge in [-0.2, -0.15) is 0 Å². The molecule has 1 aromatic carbocycles. The van der Waals surface area contributed by atoms with E-state index in [9.17, 15) is 4.79 Å². The molecule has 2 aliphatic rings. The van der Waals surface area contributed by atoms with Crippen molar-refractivity contribution in [3.05, 3.63) is 40.2 Å². The van der Waals surface area contributed by atoms with Crippen LogP contribution in [-0.2, 0) is 0 Å². The Bertz CT molecular complexity index is 691. The molecule has 0 spiro atoms. The van der Waals surface area contributed by atoms with Gasteiger partial charge >= 0.3 is 5.63 Å². The van der Waals surface area contributed by atoms with E-state index in [-0.39, 0.29) is 17.6 Å². The number of fused-ring (bicyclic) bond motifs is 5. The second-order valence-corrected chi connectivity index (χ2v) is 6.09. The minimum absolute atomic E-state index is 0.0775. The molecule has 0 saturated heterocycles. The van der Waals surface area contributed by atoms with Crippen molar-refractivity contribution >= 4 is 26.9 Å². The molecule has 0 amide bonds. The van der Waals surface area contributed by atoms with E-state index in [4.69, 9.17) is 9.15 Å². The second kappa shape index (κ2) is 3.60. The molecule has 3 nitrogen and oxygen atoms in total. The predicted molar refractivity (Wildman–Crippen MR) is 71.6 cm³/mol. The standard InChI is InChI=1S/C14H11BrO3/c15-9-6-5-8-11-13(18-12(8)9)7-3-1-2-4-10(7)17-14(11)16/h1-4,8-9,12H,5-6H2. The van der Waals surface area contributed by atoms with Crippen LogP contribution in [-0.4, -0.2) is 10.9 Å². The number of benzene rings is 1. The first-order valence-electron chi connectivity index (χ1n) is 6.12. The smallest absolute Gasteiger partial charge is 0.343 e. The maximum absolute atomic E-state index is 12.1. The maximum atomic E-state index is 12.1. The average Bonchev–Trinajstić information content (AvgIpc) is 2.91. The zero-order chi connectivity index (χ0) is 12.3. The zero-order valence-corrected chi connectivity index (χ0v) is 11.1. The number of para-hydroxylation sites is 1. The number of hydrogen-bond acceptors (Lipinski definition) is 3. The molecule has 1 aliphatic carbocycles. The second-order valence-electron chi connectivity index (χ2n) is 4.91. The Morgan fingerprint density at radius 2 is 2.06 bits per heavy atom. The fraction of sp³-hybridized carbons (Fsp3) is 0.357. The molecule has 2 aromatic rings. The van der Waals surface area contributed by atoms with Crippen LogP contribution in [0.2, 0.25) is 0 Å². The Morgan fingerprint density at radius 1 is 1.22 bits per heavy atom. The number of ether oxygens (including phenoxy) is 1. The first kappa shape index (κ1) is 10.6. The summed E-state index contributed by atoms with van der Waals surface area (Å²) in [6.45, 7) is 0. The molecule has 3 unspecified atom stereocenters. The summed E-state index contributed by atoms with van der Waals surface area (Å²) in [5.74, 6) is 0.922. The molecule has 92 valence electrons. The number of alkyl halides is 1. The molecule has 0 N–H and O–H groups in total. The van der Waals surface area contributed by atoms with Crippen LogP contribution in [0, 0.1) is 0 Å². The summed E-state index contributed by atoms with van der Waals surface area (Å²) < 4.78 is 11.4. The van der Waals surface area contributed by atoms with E-state index in [0.717, 1.165) is 29.5 Å². The quantitative estimate of drug-likeness (QED) is 0.554. The maximum Gasteiger partial charge on any atom is 0.343 e. The minimum atomic E-state index is -0.238. The molecule has 1 fully saturated rings. The highest BCUT2D eigenvalue weighted by Crippen LogP contribution is 2.49. The van der Waals surface area contributed by atoms with Gasteiger partial charge in [0.05, 0.1) is 15.8 Å². The lowest BCUT2D eigenvalue weighted by atomic mass is 9.98. The molecule has 1 saturated carbocycles. The van der Waals surface area contributed by atoms with Crippen molar-refractivity contribution in [3.8, 4) is 5.75 Å². The van der Waals surface area contributed by atoms with Crippen molar-refractivity contribution in [3.63, 3.8) is 0 Å². The highest BCUT2D eigenvalue weighted by Gasteiger charge is 2.46. The summed E-state index contributed by atoms with van der Waals surface area (Å²) in [6.07, 6.45) is 2.10. The van der Waals surface area contributed by atoms with E-state index in [2.05, 4.69) is 15.9 Å². The van der Waals surface area contributed by atoms with Crippen molar-refractivity contribution in [1.29, 1.82) is 0 Å². The number of hydrogen-bond donors (Lipinski definition) is 0. The van der Waals surface area contributed by atoms with E-state index < -0.39 is 0 Å². The van der Waals surface area contributed by atoms with Crippen LogP contribution >= 0.6 is 15.9 Å². The third-order valence-electron chi connectivity index (χ3n) is 3.93. The average molecular weight is 307 g/mol. The van der Waals surface area contributed by atoms with E-state index in [1.165, 1.54) is 0 Å². The fourth-order valence-electron chi connectivity index (χ4n) is 3.10. The Hall–Kier alpha value is -1.29. The van der Waals surface area contributed by atoms with Crippen molar-refractivity contribution < 1.29 is 9.15 Å². The summed E-state index contributed by atoms with van der Waals surface area (Å²) in [5, 5.41) is 0.904. The van der Waals surface area contributed by atoms with Crippen LogP contribution in [0.25, 0.3) is 11.0 Å². The Morgan fingerprint density at radius 3 is 2.94 bits per heavy atom. The zero-order valence-electron chi connectivity index (χ0n) is 9.56. The van der Waals surface area contributed by atoms with Gasteiger partial charge in [-0.1, -0.05) is 28.1 Å². The van der Waals surface area contributed by atoms with Gasteiger partial charge in [0.15, 0.2) is 0 Å². The number of rotatable bonds is 0. The third kappa shape index (κ3) is 1.27. The van der Waals surface area contributed by atoms with E-state index >= 15 is 0 Å². The normalized spacial score (nSPS) is 29.1. The molecule has 4 rings (SSSR count). The van der Waals surface area contributed by atoms with Crippen LogP contribution in [0.15, 0.2) is 33.5 Å². The van der Waals surface area contributed by atoms with Crippen molar-refractivity contribution in [1.82, 2.24) is 0 Å². The topological polar surface area (TPSA) is 39.4 Å². The van der Waals surface area contributed by atoms with Gasteiger partial charge in [-0.15, -0.1) is 0 Å². The SMILES string of the molecule is O=c1oc2ccccc2c2c1C1CCC(Br)C1O2. The van der Waals surface area contributed by atoms with Gasteiger partial charge in [0, 0.05) is 5.92 Å². The van der Waals surface area contributed by atoms with E-state index in [1.807, 2.05) is 18.2 Å². The molecule has 0 bridgehead atoms. The Balaban J connectivity index is 2.03. The lowest BCUT2D eigenvalue weighted by Crippen LogP contribution is -2.22. The highest BCUT2D eigenvalue weighted by atomic mass is 79.9. The van der Waals surface area contributed by atoms with Gasteiger partial charge in [-0.25, -0.2) is 4.79 Å². The van der Waals surface area contributed by atoms with Crippen LogP contribution in [0.5, 0.6) is 5.75 Å². The lowest BCUT2D eigenvalue weighted by molar-refractivity contribution is 0.234. The minimum Gasteiger partial charge on any atom is -0.487 e. The summed E-state index contributed by atoms with van der Waals surface area (Å²) in [5.41, 5.74) is 1.10. The Kier molecular flexibility index (Phi) is 2.13.